The molecule has 3 N–H and O–H groups in total. The molecular formula is C20H22N2O2. The maximum Gasteiger partial charge on any atom is 0.251 e. The molecule has 2 amide bonds. The summed E-state index contributed by atoms with van der Waals surface area (Å²) in [4.78, 5) is 23.8. The van der Waals surface area contributed by atoms with Crippen LogP contribution in [0.1, 0.15) is 30.6 Å². The van der Waals surface area contributed by atoms with E-state index in [0.29, 0.717) is 12.0 Å². The van der Waals surface area contributed by atoms with E-state index in [-0.39, 0.29) is 5.91 Å². The number of allylic oxidation sites excluding steroid dienone is 1. The Morgan fingerprint density at radius 1 is 1.00 bits per heavy atom. The van der Waals surface area contributed by atoms with Crippen molar-refractivity contribution in [2.24, 2.45) is 5.73 Å². The van der Waals surface area contributed by atoms with Gasteiger partial charge < -0.3 is 11.1 Å². The molecule has 2 rings (SSSR count). The third-order valence-corrected chi connectivity index (χ3v) is 3.66. The Bertz CT molecular complexity index is 730. The lowest BCUT2D eigenvalue weighted by atomic mass is 10.0. The molecular weight excluding hydrogens is 300 g/mol. The van der Waals surface area contributed by atoms with Gasteiger partial charge in [0.25, 0.3) is 5.91 Å². The highest BCUT2D eigenvalue weighted by molar-refractivity contribution is 5.97. The van der Waals surface area contributed by atoms with Gasteiger partial charge in [-0.15, -0.1) is 0 Å². The lowest BCUT2D eigenvalue weighted by molar-refractivity contribution is -0.119. The first-order chi connectivity index (χ1) is 11.5. The molecule has 0 aliphatic carbocycles. The van der Waals surface area contributed by atoms with Crippen LogP contribution in [0.5, 0.6) is 0 Å². The van der Waals surface area contributed by atoms with Gasteiger partial charge in [-0.2, -0.15) is 0 Å². The fourth-order valence-electron chi connectivity index (χ4n) is 2.29. The monoisotopic (exact) mass is 322 g/mol. The number of benzene rings is 2. The number of hydrogen-bond acceptors (Lipinski definition) is 2. The molecule has 0 heterocycles. The predicted molar refractivity (Wildman–Crippen MR) is 96.4 cm³/mol. The van der Waals surface area contributed by atoms with Crippen LogP contribution in [0.3, 0.4) is 0 Å². The molecule has 0 bridgehead atoms. The van der Waals surface area contributed by atoms with Crippen molar-refractivity contribution in [1.29, 1.82) is 0 Å². The first-order valence-corrected chi connectivity index (χ1v) is 7.86. The molecule has 0 aromatic heterocycles. The van der Waals surface area contributed by atoms with Crippen molar-refractivity contribution >= 4 is 11.8 Å². The van der Waals surface area contributed by atoms with E-state index in [9.17, 15) is 9.59 Å². The summed E-state index contributed by atoms with van der Waals surface area (Å²) in [6, 6.07) is 16.5. The largest absolute Gasteiger partial charge is 0.368 e. The minimum absolute atomic E-state index is 0.305. The number of amides is 2. The van der Waals surface area contributed by atoms with Crippen LogP contribution in [0.15, 0.2) is 66.2 Å². The van der Waals surface area contributed by atoms with Crippen LogP contribution in [0, 0.1) is 0 Å². The quantitative estimate of drug-likeness (QED) is 0.801. The van der Waals surface area contributed by atoms with Crippen molar-refractivity contribution in [3.8, 4) is 11.1 Å². The topological polar surface area (TPSA) is 72.2 Å². The fraction of sp³-hybridized carbons (Fsp3) is 0.200. The molecule has 0 spiro atoms. The van der Waals surface area contributed by atoms with Crippen molar-refractivity contribution < 1.29 is 9.59 Å². The average molecular weight is 322 g/mol. The molecule has 0 saturated carbocycles. The molecule has 4 heteroatoms. The molecule has 0 fully saturated rings. The maximum atomic E-state index is 12.3. The van der Waals surface area contributed by atoms with Gasteiger partial charge in [0, 0.05) is 5.56 Å². The third-order valence-electron chi connectivity index (χ3n) is 3.66. The summed E-state index contributed by atoms with van der Waals surface area (Å²) in [6.45, 7) is 3.87. The van der Waals surface area contributed by atoms with Crippen LogP contribution in [-0.2, 0) is 4.79 Å². The third kappa shape index (κ3) is 4.81. The van der Waals surface area contributed by atoms with Gasteiger partial charge in [-0.3, -0.25) is 9.59 Å². The summed E-state index contributed by atoms with van der Waals surface area (Å²) < 4.78 is 0. The van der Waals surface area contributed by atoms with E-state index in [1.807, 2.05) is 62.4 Å². The van der Waals surface area contributed by atoms with Crippen molar-refractivity contribution in [2.45, 2.75) is 26.3 Å². The predicted octanol–water partition coefficient (Wildman–Crippen LogP) is 3.29. The lowest BCUT2D eigenvalue weighted by Crippen LogP contribution is -2.44. The Morgan fingerprint density at radius 3 is 2.12 bits per heavy atom. The van der Waals surface area contributed by atoms with Crippen molar-refractivity contribution in [3.05, 3.63) is 71.8 Å². The van der Waals surface area contributed by atoms with Crippen molar-refractivity contribution in [1.82, 2.24) is 5.32 Å². The van der Waals surface area contributed by atoms with Gasteiger partial charge in [-0.25, -0.2) is 0 Å². The molecule has 0 aliphatic rings. The normalized spacial score (nSPS) is 11.4. The zero-order chi connectivity index (χ0) is 17.5. The Kier molecular flexibility index (Phi) is 5.90. The summed E-state index contributed by atoms with van der Waals surface area (Å²) in [5.41, 5.74) is 9.05. The molecule has 24 heavy (non-hydrogen) atoms. The van der Waals surface area contributed by atoms with Crippen molar-refractivity contribution in [2.75, 3.05) is 0 Å². The van der Waals surface area contributed by atoms with Crippen LogP contribution < -0.4 is 11.1 Å². The van der Waals surface area contributed by atoms with E-state index in [1.54, 1.807) is 12.1 Å². The fourth-order valence-corrected chi connectivity index (χ4v) is 2.29. The minimum atomic E-state index is -0.707. The molecule has 2 aromatic rings. The Hall–Kier alpha value is -2.88. The van der Waals surface area contributed by atoms with Crippen LogP contribution in [0.2, 0.25) is 0 Å². The number of carbonyl (C=O) groups excluding carboxylic acids is 2. The molecule has 4 nitrogen and oxygen atoms in total. The van der Waals surface area contributed by atoms with E-state index in [1.165, 1.54) is 0 Å². The lowest BCUT2D eigenvalue weighted by Gasteiger charge is -2.14. The van der Waals surface area contributed by atoms with E-state index >= 15 is 0 Å². The molecule has 0 saturated heterocycles. The number of hydrogen-bond donors (Lipinski definition) is 2. The smallest absolute Gasteiger partial charge is 0.251 e. The highest BCUT2D eigenvalue weighted by atomic mass is 16.2. The van der Waals surface area contributed by atoms with Gasteiger partial charge >= 0.3 is 0 Å². The Morgan fingerprint density at radius 2 is 1.58 bits per heavy atom. The average Bonchev–Trinajstić information content (AvgIpc) is 2.59. The molecule has 124 valence electrons. The summed E-state index contributed by atoms with van der Waals surface area (Å²) >= 11 is 0. The first-order valence-electron chi connectivity index (χ1n) is 7.86. The second-order valence-corrected chi connectivity index (χ2v) is 5.89. The highest BCUT2D eigenvalue weighted by Gasteiger charge is 2.17. The zero-order valence-electron chi connectivity index (χ0n) is 14.0. The van der Waals surface area contributed by atoms with Crippen LogP contribution in [-0.4, -0.2) is 17.9 Å². The van der Waals surface area contributed by atoms with E-state index in [2.05, 4.69) is 5.32 Å². The van der Waals surface area contributed by atoms with Crippen LogP contribution >= 0.6 is 0 Å². The number of nitrogens with one attached hydrogen (secondary N) is 1. The number of rotatable bonds is 6. The first kappa shape index (κ1) is 17.5. The van der Waals surface area contributed by atoms with Gasteiger partial charge in [0.05, 0.1) is 0 Å². The van der Waals surface area contributed by atoms with Gasteiger partial charge in [0.1, 0.15) is 6.04 Å². The second kappa shape index (κ2) is 8.11. The van der Waals surface area contributed by atoms with Gasteiger partial charge in [0.15, 0.2) is 0 Å². The van der Waals surface area contributed by atoms with Gasteiger partial charge in [-0.05, 0) is 43.5 Å². The number of nitrogens with two attached hydrogens (primary N) is 1. The molecule has 2 aromatic carbocycles. The molecule has 0 aliphatic heterocycles. The summed E-state index contributed by atoms with van der Waals surface area (Å²) in [5, 5.41) is 2.69. The molecule has 0 unspecified atom stereocenters. The zero-order valence-corrected chi connectivity index (χ0v) is 14.0. The summed E-state index contributed by atoms with van der Waals surface area (Å²) in [5.74, 6) is -0.845. The summed E-state index contributed by atoms with van der Waals surface area (Å²) in [7, 11) is 0. The van der Waals surface area contributed by atoms with Gasteiger partial charge in [-0.1, -0.05) is 54.1 Å². The van der Waals surface area contributed by atoms with E-state index in [4.69, 9.17) is 5.73 Å². The molecule has 1 atom stereocenters. The van der Waals surface area contributed by atoms with E-state index in [0.717, 1.165) is 16.7 Å². The Balaban J connectivity index is 2.09. The molecule has 0 radical (unpaired) electrons. The van der Waals surface area contributed by atoms with Crippen LogP contribution in [0.4, 0.5) is 0 Å². The summed E-state index contributed by atoms with van der Waals surface area (Å²) in [6.07, 6.45) is 2.28. The van der Waals surface area contributed by atoms with Gasteiger partial charge in [0.2, 0.25) is 5.91 Å². The standard InChI is InChI=1S/C20H22N2O2/c1-14(2)8-13-18(19(21)23)22-20(24)17-11-9-16(10-12-17)15-6-4-3-5-7-15/h3-12,18H,13H2,1-2H3,(H2,21,23)(H,22,24)/t18-/m1/s1. The highest BCUT2D eigenvalue weighted by Crippen LogP contribution is 2.19. The number of primary amides is 1. The van der Waals surface area contributed by atoms with Crippen molar-refractivity contribution in [3.63, 3.8) is 0 Å². The Labute approximate surface area is 142 Å². The minimum Gasteiger partial charge on any atom is -0.368 e. The van der Waals surface area contributed by atoms with Crippen LogP contribution in [0.25, 0.3) is 11.1 Å². The number of carbonyl (C=O) groups is 2. The SMILES string of the molecule is CC(C)=CC[C@@H](NC(=O)c1ccc(-c2ccccc2)cc1)C(N)=O. The maximum absolute atomic E-state index is 12.3. The van der Waals surface area contributed by atoms with E-state index < -0.39 is 11.9 Å². The second-order valence-electron chi connectivity index (χ2n) is 5.89.